The second-order valence-corrected chi connectivity index (χ2v) is 8.48. The Morgan fingerprint density at radius 2 is 2.04 bits per heavy atom. The van der Waals surface area contributed by atoms with Crippen LogP contribution in [0, 0.1) is 0 Å². The Hall–Kier alpha value is -1.76. The van der Waals surface area contributed by atoms with E-state index in [-0.39, 0.29) is 5.91 Å². The molecule has 3 rings (SSSR count). The van der Waals surface area contributed by atoms with Crippen molar-refractivity contribution in [1.29, 1.82) is 0 Å². The highest BCUT2D eigenvalue weighted by Gasteiger charge is 2.28. The van der Waals surface area contributed by atoms with E-state index in [0.29, 0.717) is 11.6 Å². The molecule has 0 atom stereocenters. The highest BCUT2D eigenvalue weighted by molar-refractivity contribution is 7.09. The molecule has 5 nitrogen and oxygen atoms in total. The third-order valence-electron chi connectivity index (χ3n) is 5.21. The van der Waals surface area contributed by atoms with E-state index in [2.05, 4.69) is 51.3 Å². The van der Waals surface area contributed by atoms with Crippen LogP contribution in [0.2, 0.25) is 0 Å². The molecule has 1 aliphatic heterocycles. The lowest BCUT2D eigenvalue weighted by atomic mass is 10.0. The van der Waals surface area contributed by atoms with Crippen molar-refractivity contribution in [2.24, 2.45) is 0 Å². The van der Waals surface area contributed by atoms with Crippen LogP contribution in [0.4, 0.5) is 0 Å². The molecule has 1 saturated heterocycles. The topological polar surface area (TPSA) is 39.7 Å². The third-order valence-corrected chi connectivity index (χ3v) is 6.15. The van der Waals surface area contributed by atoms with Gasteiger partial charge in [-0.25, -0.2) is 0 Å². The molecule has 0 saturated carbocycles. The van der Waals surface area contributed by atoms with Gasteiger partial charge in [-0.15, -0.1) is 11.3 Å². The van der Waals surface area contributed by atoms with Crippen LogP contribution in [0.3, 0.4) is 0 Å². The minimum atomic E-state index is 0.113. The van der Waals surface area contributed by atoms with Gasteiger partial charge in [0.25, 0.3) is 5.91 Å². The number of amides is 1. The van der Waals surface area contributed by atoms with Gasteiger partial charge >= 0.3 is 0 Å². The number of nitrogens with zero attached hydrogens (tertiary/aromatic N) is 4. The summed E-state index contributed by atoms with van der Waals surface area (Å²) in [4.78, 5) is 25.4. The summed E-state index contributed by atoms with van der Waals surface area (Å²) in [5.74, 6) is 0.113. The third kappa shape index (κ3) is 5.86. The molecule has 0 spiro atoms. The van der Waals surface area contributed by atoms with E-state index in [9.17, 15) is 4.79 Å². The fourth-order valence-electron chi connectivity index (χ4n) is 3.59. The van der Waals surface area contributed by atoms with Crippen molar-refractivity contribution >= 4 is 17.2 Å². The van der Waals surface area contributed by atoms with Crippen molar-refractivity contribution < 1.29 is 4.79 Å². The van der Waals surface area contributed by atoms with Gasteiger partial charge in [-0.2, -0.15) is 0 Å². The summed E-state index contributed by atoms with van der Waals surface area (Å²) in [6.07, 6.45) is 6.61. The number of piperidine rings is 1. The summed E-state index contributed by atoms with van der Waals surface area (Å²) in [6, 6.07) is 8.36. The summed E-state index contributed by atoms with van der Waals surface area (Å²) < 4.78 is 0. The van der Waals surface area contributed by atoms with Crippen molar-refractivity contribution in [1.82, 2.24) is 19.7 Å². The second-order valence-electron chi connectivity index (χ2n) is 7.45. The zero-order chi connectivity index (χ0) is 19.1. The number of rotatable bonds is 8. The molecule has 2 aromatic rings. The average Bonchev–Trinajstić information content (AvgIpc) is 3.21. The summed E-state index contributed by atoms with van der Waals surface area (Å²) in [5.41, 5.74) is 0.691. The lowest BCUT2D eigenvalue weighted by molar-refractivity contribution is 0.0556. The van der Waals surface area contributed by atoms with E-state index in [1.807, 2.05) is 23.5 Å². The highest BCUT2D eigenvalue weighted by Crippen LogP contribution is 2.20. The zero-order valence-corrected chi connectivity index (χ0v) is 17.2. The van der Waals surface area contributed by atoms with Crippen LogP contribution in [0.25, 0.3) is 0 Å². The first kappa shape index (κ1) is 20.0. The zero-order valence-electron chi connectivity index (χ0n) is 16.4. The van der Waals surface area contributed by atoms with Crippen molar-refractivity contribution in [3.63, 3.8) is 0 Å². The molecule has 1 amide bonds. The van der Waals surface area contributed by atoms with Crippen LogP contribution in [0.5, 0.6) is 0 Å². The maximum atomic E-state index is 13.1. The van der Waals surface area contributed by atoms with Crippen LogP contribution in [0.1, 0.15) is 28.1 Å². The highest BCUT2D eigenvalue weighted by atomic mass is 32.1. The van der Waals surface area contributed by atoms with Gasteiger partial charge in [0.05, 0.1) is 5.56 Å². The predicted molar refractivity (Wildman–Crippen MR) is 111 cm³/mol. The van der Waals surface area contributed by atoms with E-state index < -0.39 is 0 Å². The molecule has 0 radical (unpaired) electrons. The maximum absolute atomic E-state index is 13.1. The van der Waals surface area contributed by atoms with Gasteiger partial charge in [0.2, 0.25) is 0 Å². The molecule has 0 N–H and O–H groups in total. The van der Waals surface area contributed by atoms with Crippen LogP contribution in [0.15, 0.2) is 42.0 Å². The van der Waals surface area contributed by atoms with E-state index >= 15 is 0 Å². The first-order valence-corrected chi connectivity index (χ1v) is 10.6. The number of hydrogen-bond acceptors (Lipinski definition) is 5. The SMILES string of the molecule is CN(C)CCN(C(=O)c1cccnc1)C1CCN(CCc2cccs2)CC1. The van der Waals surface area contributed by atoms with Gasteiger partial charge in [0.1, 0.15) is 0 Å². The number of aromatic nitrogens is 1. The van der Waals surface area contributed by atoms with E-state index in [1.54, 1.807) is 12.4 Å². The van der Waals surface area contributed by atoms with Crippen LogP contribution >= 0.6 is 11.3 Å². The molecule has 0 bridgehead atoms. The smallest absolute Gasteiger partial charge is 0.255 e. The molecule has 1 fully saturated rings. The maximum Gasteiger partial charge on any atom is 0.255 e. The average molecular weight is 387 g/mol. The fraction of sp³-hybridized carbons (Fsp3) is 0.524. The Morgan fingerprint density at radius 3 is 2.67 bits per heavy atom. The molecule has 2 aromatic heterocycles. The van der Waals surface area contributed by atoms with Crippen molar-refractivity contribution in [3.05, 3.63) is 52.5 Å². The fourth-order valence-corrected chi connectivity index (χ4v) is 4.29. The quantitative estimate of drug-likeness (QED) is 0.699. The summed E-state index contributed by atoms with van der Waals surface area (Å²) in [5, 5.41) is 2.15. The Kier molecular flexibility index (Phi) is 7.38. The summed E-state index contributed by atoms with van der Waals surface area (Å²) in [7, 11) is 4.11. The van der Waals surface area contributed by atoms with Gasteiger partial charge in [-0.1, -0.05) is 6.07 Å². The lowest BCUT2D eigenvalue weighted by Gasteiger charge is -2.39. The normalized spacial score (nSPS) is 16.0. The van der Waals surface area contributed by atoms with Gasteiger partial charge < -0.3 is 14.7 Å². The Balaban J connectivity index is 1.57. The van der Waals surface area contributed by atoms with Crippen LogP contribution < -0.4 is 0 Å². The monoisotopic (exact) mass is 386 g/mol. The minimum Gasteiger partial charge on any atom is -0.334 e. The second kappa shape index (κ2) is 9.97. The number of carbonyl (C=O) groups excluding carboxylic acids is 1. The minimum absolute atomic E-state index is 0.113. The number of likely N-dealkylation sites (tertiary alicyclic amines) is 1. The molecule has 0 aromatic carbocycles. The van der Waals surface area contributed by atoms with E-state index in [0.717, 1.165) is 52.0 Å². The Labute approximate surface area is 166 Å². The number of pyridine rings is 1. The molecule has 27 heavy (non-hydrogen) atoms. The molecule has 146 valence electrons. The molecule has 0 aliphatic carbocycles. The first-order chi connectivity index (χ1) is 13.1. The summed E-state index contributed by atoms with van der Waals surface area (Å²) >= 11 is 1.84. The molecule has 0 unspecified atom stereocenters. The van der Waals surface area contributed by atoms with Gasteiger partial charge in [0, 0.05) is 56.0 Å². The number of hydrogen-bond donors (Lipinski definition) is 0. The Morgan fingerprint density at radius 1 is 1.22 bits per heavy atom. The predicted octanol–water partition coefficient (Wildman–Crippen LogP) is 2.85. The van der Waals surface area contributed by atoms with Gasteiger partial charge in [-0.3, -0.25) is 9.78 Å². The van der Waals surface area contributed by atoms with Gasteiger partial charge in [-0.05, 0) is 56.9 Å². The first-order valence-electron chi connectivity index (χ1n) is 9.74. The Bertz CT molecular complexity index is 681. The van der Waals surface area contributed by atoms with Crippen molar-refractivity contribution in [3.8, 4) is 0 Å². The van der Waals surface area contributed by atoms with Crippen LogP contribution in [-0.4, -0.2) is 78.5 Å². The van der Waals surface area contributed by atoms with Crippen LogP contribution in [-0.2, 0) is 6.42 Å². The van der Waals surface area contributed by atoms with Crippen molar-refractivity contribution in [2.75, 3.05) is 46.8 Å². The van der Waals surface area contributed by atoms with E-state index in [1.165, 1.54) is 4.88 Å². The summed E-state index contributed by atoms with van der Waals surface area (Å²) in [6.45, 7) is 4.89. The molecule has 3 heterocycles. The number of likely N-dealkylation sites (N-methyl/N-ethyl adjacent to an activating group) is 1. The largest absolute Gasteiger partial charge is 0.334 e. The lowest BCUT2D eigenvalue weighted by Crippen LogP contribution is -2.49. The van der Waals surface area contributed by atoms with Crippen molar-refractivity contribution in [2.45, 2.75) is 25.3 Å². The molecule has 1 aliphatic rings. The molecular formula is C21H30N4OS. The number of carbonyl (C=O) groups is 1. The number of thiophene rings is 1. The molecular weight excluding hydrogens is 356 g/mol. The molecule has 6 heteroatoms. The van der Waals surface area contributed by atoms with Gasteiger partial charge in [0.15, 0.2) is 0 Å². The van der Waals surface area contributed by atoms with E-state index in [4.69, 9.17) is 0 Å². The standard InChI is InChI=1S/C21H30N4OS/c1-23(2)14-15-25(21(26)18-5-3-10-22-17-18)19-7-11-24(12-8-19)13-9-20-6-4-16-27-20/h3-6,10,16-17,19H,7-9,11-15H2,1-2H3.